The predicted octanol–water partition coefficient (Wildman–Crippen LogP) is 1.76. The third-order valence-electron chi connectivity index (χ3n) is 4.08. The molecular formula is C17H20N4O3S. The number of ketones is 1. The second kappa shape index (κ2) is 7.28. The number of aromatic nitrogens is 2. The van der Waals surface area contributed by atoms with Gasteiger partial charge in [0.2, 0.25) is 16.0 Å². The molecule has 132 valence electrons. The van der Waals surface area contributed by atoms with Crippen LogP contribution in [0.4, 0.5) is 5.95 Å². The molecule has 1 aliphatic rings. The van der Waals surface area contributed by atoms with Crippen molar-refractivity contribution in [2.45, 2.75) is 31.2 Å². The zero-order valence-electron chi connectivity index (χ0n) is 14.0. The molecule has 2 heterocycles. The zero-order valence-corrected chi connectivity index (χ0v) is 14.8. The van der Waals surface area contributed by atoms with Crippen LogP contribution in [0.1, 0.15) is 35.8 Å². The van der Waals surface area contributed by atoms with Crippen molar-refractivity contribution in [1.29, 1.82) is 0 Å². The first kappa shape index (κ1) is 17.5. The summed E-state index contributed by atoms with van der Waals surface area (Å²) in [5, 5.41) is 0. The molecule has 7 nitrogen and oxygen atoms in total. The molecule has 25 heavy (non-hydrogen) atoms. The number of rotatable bonds is 6. The molecule has 0 radical (unpaired) electrons. The van der Waals surface area contributed by atoms with Gasteiger partial charge < -0.3 is 4.90 Å². The van der Waals surface area contributed by atoms with Gasteiger partial charge >= 0.3 is 0 Å². The molecule has 0 atom stereocenters. The number of carbonyl (C=O) groups excluding carboxylic acids is 1. The van der Waals surface area contributed by atoms with Crippen LogP contribution in [0, 0.1) is 0 Å². The fourth-order valence-electron chi connectivity index (χ4n) is 2.69. The summed E-state index contributed by atoms with van der Waals surface area (Å²) in [4.78, 5) is 22.3. The van der Waals surface area contributed by atoms with E-state index in [2.05, 4.69) is 19.6 Å². The Morgan fingerprint density at radius 3 is 2.72 bits per heavy atom. The van der Waals surface area contributed by atoms with E-state index in [1.807, 2.05) is 0 Å². The number of sulfonamides is 1. The smallest absolute Gasteiger partial charge is 0.240 e. The van der Waals surface area contributed by atoms with Gasteiger partial charge in [0.25, 0.3) is 0 Å². The van der Waals surface area contributed by atoms with Gasteiger partial charge in [0.05, 0.1) is 17.1 Å². The van der Waals surface area contributed by atoms with Crippen LogP contribution in [-0.2, 0) is 16.6 Å². The van der Waals surface area contributed by atoms with E-state index in [1.165, 1.54) is 19.1 Å². The lowest BCUT2D eigenvalue weighted by Crippen LogP contribution is -2.25. The second-order valence-corrected chi connectivity index (χ2v) is 7.72. The maximum absolute atomic E-state index is 12.4. The first-order valence-corrected chi connectivity index (χ1v) is 9.61. The first-order valence-electron chi connectivity index (χ1n) is 8.13. The van der Waals surface area contributed by atoms with Crippen LogP contribution in [0.2, 0.25) is 0 Å². The van der Waals surface area contributed by atoms with Crippen molar-refractivity contribution in [2.75, 3.05) is 18.0 Å². The van der Waals surface area contributed by atoms with Gasteiger partial charge in [-0.15, -0.1) is 0 Å². The summed E-state index contributed by atoms with van der Waals surface area (Å²) in [6, 6.07) is 7.67. The molecule has 1 N–H and O–H groups in total. The molecular weight excluding hydrogens is 340 g/mol. The minimum absolute atomic E-state index is 0.0639. The molecule has 0 amide bonds. The molecule has 0 spiro atoms. The number of hydrogen-bond donors (Lipinski definition) is 1. The average Bonchev–Trinajstić information content (AvgIpc) is 3.15. The molecule has 0 aliphatic carbocycles. The third kappa shape index (κ3) is 4.21. The van der Waals surface area contributed by atoms with Gasteiger partial charge in [-0.1, -0.05) is 12.1 Å². The Balaban J connectivity index is 1.73. The van der Waals surface area contributed by atoms with Crippen molar-refractivity contribution in [1.82, 2.24) is 14.7 Å². The number of anilines is 1. The number of Topliss-reactive ketones (excluding diaryl/α,β-unsaturated/α-hetero) is 1. The number of nitrogens with one attached hydrogen (secondary N) is 1. The zero-order chi connectivity index (χ0) is 17.9. The maximum atomic E-state index is 12.4. The van der Waals surface area contributed by atoms with Crippen LogP contribution in [0.3, 0.4) is 0 Å². The standard InChI is InChI=1S/C17H20N4O3S/c1-13(22)14-5-4-6-16(11-14)25(23,24)19-12-15-7-8-18-17(20-15)21-9-2-3-10-21/h4-8,11,19H,2-3,9-10,12H2,1H3. The van der Waals surface area contributed by atoms with E-state index in [9.17, 15) is 13.2 Å². The van der Waals surface area contributed by atoms with Crippen LogP contribution < -0.4 is 9.62 Å². The molecule has 1 aromatic heterocycles. The van der Waals surface area contributed by atoms with E-state index in [0.29, 0.717) is 17.2 Å². The molecule has 1 aliphatic heterocycles. The Labute approximate surface area is 147 Å². The molecule has 1 aromatic carbocycles. The van der Waals surface area contributed by atoms with Gasteiger partial charge in [-0.2, -0.15) is 0 Å². The van der Waals surface area contributed by atoms with Crippen LogP contribution in [-0.4, -0.2) is 37.3 Å². The number of carbonyl (C=O) groups is 1. The predicted molar refractivity (Wildman–Crippen MR) is 94.0 cm³/mol. The van der Waals surface area contributed by atoms with E-state index in [-0.39, 0.29) is 17.2 Å². The summed E-state index contributed by atoms with van der Waals surface area (Å²) in [5.74, 6) is 0.455. The topological polar surface area (TPSA) is 92.3 Å². The third-order valence-corrected chi connectivity index (χ3v) is 5.48. The normalized spacial score (nSPS) is 14.7. The van der Waals surface area contributed by atoms with E-state index < -0.39 is 10.0 Å². The van der Waals surface area contributed by atoms with Crippen LogP contribution in [0.5, 0.6) is 0 Å². The van der Waals surface area contributed by atoms with Crippen LogP contribution >= 0.6 is 0 Å². The quantitative estimate of drug-likeness (QED) is 0.789. The van der Waals surface area contributed by atoms with E-state index >= 15 is 0 Å². The van der Waals surface area contributed by atoms with Gasteiger partial charge in [-0.25, -0.2) is 23.1 Å². The van der Waals surface area contributed by atoms with Crippen LogP contribution in [0.25, 0.3) is 0 Å². The fourth-order valence-corrected chi connectivity index (χ4v) is 3.73. The van der Waals surface area contributed by atoms with Gasteiger partial charge in [0.15, 0.2) is 5.78 Å². The summed E-state index contributed by atoms with van der Waals surface area (Å²) >= 11 is 0. The Morgan fingerprint density at radius 1 is 1.24 bits per heavy atom. The highest BCUT2D eigenvalue weighted by atomic mass is 32.2. The summed E-state index contributed by atoms with van der Waals surface area (Å²) in [6.07, 6.45) is 3.88. The molecule has 1 saturated heterocycles. The molecule has 3 rings (SSSR count). The van der Waals surface area contributed by atoms with E-state index in [0.717, 1.165) is 25.9 Å². The lowest BCUT2D eigenvalue weighted by atomic mass is 10.2. The fraction of sp³-hybridized carbons (Fsp3) is 0.353. The first-order chi connectivity index (χ1) is 12.0. The molecule has 0 saturated carbocycles. The highest BCUT2D eigenvalue weighted by Crippen LogP contribution is 2.16. The van der Waals surface area contributed by atoms with Crippen molar-refractivity contribution in [2.24, 2.45) is 0 Å². The Hall–Kier alpha value is -2.32. The summed E-state index contributed by atoms with van der Waals surface area (Å²) in [5.41, 5.74) is 0.962. The van der Waals surface area contributed by atoms with Crippen molar-refractivity contribution >= 4 is 21.8 Å². The Bertz CT molecular complexity index is 877. The molecule has 1 fully saturated rings. The monoisotopic (exact) mass is 360 g/mol. The van der Waals surface area contributed by atoms with E-state index in [4.69, 9.17) is 0 Å². The second-order valence-electron chi connectivity index (χ2n) is 5.95. The SMILES string of the molecule is CC(=O)c1cccc(S(=O)(=O)NCc2ccnc(N3CCCC3)n2)c1. The molecule has 0 bridgehead atoms. The van der Waals surface area contributed by atoms with Gasteiger partial charge in [0.1, 0.15) is 0 Å². The average molecular weight is 360 g/mol. The highest BCUT2D eigenvalue weighted by Gasteiger charge is 2.17. The van der Waals surface area contributed by atoms with Crippen molar-refractivity contribution in [3.63, 3.8) is 0 Å². The summed E-state index contributed by atoms with van der Waals surface area (Å²) in [7, 11) is -3.72. The number of benzene rings is 1. The minimum atomic E-state index is -3.72. The number of hydrogen-bond acceptors (Lipinski definition) is 6. The van der Waals surface area contributed by atoms with Crippen molar-refractivity contribution in [3.05, 3.63) is 47.8 Å². The van der Waals surface area contributed by atoms with E-state index in [1.54, 1.807) is 24.4 Å². The Morgan fingerprint density at radius 2 is 2.00 bits per heavy atom. The van der Waals surface area contributed by atoms with Gasteiger partial charge in [-0.3, -0.25) is 4.79 Å². The largest absolute Gasteiger partial charge is 0.341 e. The maximum Gasteiger partial charge on any atom is 0.240 e. The summed E-state index contributed by atoms with van der Waals surface area (Å²) < 4.78 is 27.4. The van der Waals surface area contributed by atoms with Crippen molar-refractivity contribution in [3.8, 4) is 0 Å². The van der Waals surface area contributed by atoms with Gasteiger partial charge in [0, 0.05) is 24.8 Å². The molecule has 8 heteroatoms. The van der Waals surface area contributed by atoms with Crippen LogP contribution in [0.15, 0.2) is 41.4 Å². The molecule has 2 aromatic rings. The Kier molecular flexibility index (Phi) is 5.10. The lowest BCUT2D eigenvalue weighted by molar-refractivity contribution is 0.101. The van der Waals surface area contributed by atoms with Gasteiger partial charge in [-0.05, 0) is 38.0 Å². The minimum Gasteiger partial charge on any atom is -0.341 e. The number of nitrogens with zero attached hydrogens (tertiary/aromatic N) is 3. The summed E-state index contributed by atoms with van der Waals surface area (Å²) in [6.45, 7) is 3.32. The highest BCUT2D eigenvalue weighted by molar-refractivity contribution is 7.89. The van der Waals surface area contributed by atoms with Crippen molar-refractivity contribution < 1.29 is 13.2 Å². The lowest BCUT2D eigenvalue weighted by Gasteiger charge is -2.15. The molecule has 0 unspecified atom stereocenters.